The van der Waals surface area contributed by atoms with E-state index in [0.29, 0.717) is 46.9 Å². The summed E-state index contributed by atoms with van der Waals surface area (Å²) < 4.78 is 9.78. The van der Waals surface area contributed by atoms with Crippen molar-refractivity contribution >= 4 is 46.8 Å². The lowest BCUT2D eigenvalue weighted by Crippen LogP contribution is -2.03. The molecule has 37 heavy (non-hydrogen) atoms. The van der Waals surface area contributed by atoms with Crippen molar-refractivity contribution < 1.29 is 23.9 Å². The number of methoxy groups -OCH3 is 2. The Bertz CT molecular complexity index is 1470. The number of carbonyl (C=O) groups excluding carboxylic acids is 2. The van der Waals surface area contributed by atoms with Crippen LogP contribution in [0, 0.1) is 5.21 Å². The highest BCUT2D eigenvalue weighted by molar-refractivity contribution is 7.99. The molecule has 0 aliphatic carbocycles. The van der Waals surface area contributed by atoms with Gasteiger partial charge in [0, 0.05) is 25.9 Å². The third-order valence-corrected chi connectivity index (χ3v) is 7.44. The molecule has 0 heterocycles. The Morgan fingerprint density at radius 1 is 0.649 bits per heavy atom. The molecule has 4 aromatic carbocycles. The third kappa shape index (κ3) is 6.19. The Kier molecular flexibility index (Phi) is 8.60. The number of azo groups is 1. The van der Waals surface area contributed by atoms with Crippen LogP contribution in [0.2, 0.25) is 0 Å². The Hall–Kier alpha value is -4.08. The molecular formula is C28H22N2O5S2. The van der Waals surface area contributed by atoms with Crippen LogP contribution in [0.15, 0.2) is 122 Å². The molecule has 0 saturated heterocycles. The van der Waals surface area contributed by atoms with Gasteiger partial charge in [0.25, 0.3) is 5.69 Å². The summed E-state index contributed by atoms with van der Waals surface area (Å²) in [5.74, 6) is -0.899. The van der Waals surface area contributed by atoms with Gasteiger partial charge in [-0.1, -0.05) is 72.1 Å². The van der Waals surface area contributed by atoms with Gasteiger partial charge in [-0.3, -0.25) is 0 Å². The monoisotopic (exact) mass is 530 g/mol. The first kappa shape index (κ1) is 26.0. The summed E-state index contributed by atoms with van der Waals surface area (Å²) >= 11 is 2.60. The second-order valence-corrected chi connectivity index (χ2v) is 9.66. The van der Waals surface area contributed by atoms with Gasteiger partial charge < -0.3 is 14.7 Å². The van der Waals surface area contributed by atoms with Crippen molar-refractivity contribution in [2.24, 2.45) is 5.11 Å². The van der Waals surface area contributed by atoms with Crippen LogP contribution in [-0.2, 0) is 9.47 Å². The summed E-state index contributed by atoms with van der Waals surface area (Å²) in [4.78, 5) is 27.6. The zero-order chi connectivity index (χ0) is 26.2. The molecule has 0 spiro atoms. The number of nitrogens with zero attached hydrogens (tertiary/aromatic N) is 2. The van der Waals surface area contributed by atoms with E-state index in [1.54, 1.807) is 60.7 Å². The molecule has 0 saturated carbocycles. The molecule has 7 nitrogen and oxygen atoms in total. The van der Waals surface area contributed by atoms with Gasteiger partial charge in [-0.25, -0.2) is 9.59 Å². The maximum absolute atomic E-state index is 13.3. The van der Waals surface area contributed by atoms with E-state index < -0.39 is 11.9 Å². The van der Waals surface area contributed by atoms with Gasteiger partial charge in [0.05, 0.1) is 30.2 Å². The van der Waals surface area contributed by atoms with Crippen molar-refractivity contribution in [1.82, 2.24) is 0 Å². The van der Waals surface area contributed by atoms with Crippen molar-refractivity contribution in [2.45, 2.75) is 19.6 Å². The van der Waals surface area contributed by atoms with Gasteiger partial charge in [-0.2, -0.15) is 0 Å². The SMILES string of the molecule is COC(=O)c1ccccc1Sc1ccccc1N=[N+]([O-])c1ccccc1Sc1ccccc1C(=O)OC. The quantitative estimate of drug-likeness (QED) is 0.101. The number of rotatable bonds is 8. The second-order valence-electron chi connectivity index (χ2n) is 7.49. The average molecular weight is 531 g/mol. The Morgan fingerprint density at radius 3 is 1.65 bits per heavy atom. The fourth-order valence-corrected chi connectivity index (χ4v) is 5.43. The van der Waals surface area contributed by atoms with E-state index in [-0.39, 0.29) is 0 Å². The summed E-state index contributed by atoms with van der Waals surface area (Å²) in [6.07, 6.45) is 0. The van der Waals surface area contributed by atoms with E-state index >= 15 is 0 Å². The molecule has 186 valence electrons. The highest BCUT2D eigenvalue weighted by Crippen LogP contribution is 2.40. The number of carbonyl (C=O) groups is 2. The van der Waals surface area contributed by atoms with Crippen molar-refractivity contribution in [3.63, 3.8) is 0 Å². The van der Waals surface area contributed by atoms with Gasteiger partial charge in [-0.05, 0) is 47.3 Å². The second kappa shape index (κ2) is 12.2. The van der Waals surface area contributed by atoms with Crippen molar-refractivity contribution in [2.75, 3.05) is 14.2 Å². The maximum Gasteiger partial charge on any atom is 0.339 e. The lowest BCUT2D eigenvalue weighted by atomic mass is 10.2. The van der Waals surface area contributed by atoms with E-state index in [1.165, 1.54) is 37.7 Å². The maximum atomic E-state index is 13.3. The minimum absolute atomic E-state index is 0.321. The molecule has 0 aromatic heterocycles. The number of benzene rings is 4. The van der Waals surface area contributed by atoms with Crippen LogP contribution in [0.3, 0.4) is 0 Å². The van der Waals surface area contributed by atoms with Crippen molar-refractivity contribution in [1.29, 1.82) is 0 Å². The third-order valence-electron chi connectivity index (χ3n) is 5.16. The highest BCUT2D eigenvalue weighted by Gasteiger charge is 2.19. The zero-order valence-corrected chi connectivity index (χ0v) is 21.6. The van der Waals surface area contributed by atoms with E-state index in [2.05, 4.69) is 5.11 Å². The molecule has 0 amide bonds. The van der Waals surface area contributed by atoms with Crippen LogP contribution in [0.25, 0.3) is 0 Å². The largest absolute Gasteiger partial charge is 0.594 e. The first-order valence-electron chi connectivity index (χ1n) is 11.1. The average Bonchev–Trinajstić information content (AvgIpc) is 2.94. The first-order valence-corrected chi connectivity index (χ1v) is 12.7. The predicted octanol–water partition coefficient (Wildman–Crippen LogP) is 7.49. The number of esters is 2. The summed E-state index contributed by atoms with van der Waals surface area (Å²) in [5.41, 5.74) is 1.60. The van der Waals surface area contributed by atoms with Crippen molar-refractivity contribution in [3.8, 4) is 0 Å². The summed E-state index contributed by atoms with van der Waals surface area (Å²) in [7, 11) is 2.66. The normalized spacial score (nSPS) is 11.1. The smallest absolute Gasteiger partial charge is 0.339 e. The molecular weight excluding hydrogens is 508 g/mol. The van der Waals surface area contributed by atoms with Crippen molar-refractivity contribution in [3.05, 3.63) is 113 Å². The van der Waals surface area contributed by atoms with Crippen LogP contribution < -0.4 is 0 Å². The lowest BCUT2D eigenvalue weighted by molar-refractivity contribution is -0.438. The van der Waals surface area contributed by atoms with E-state index in [9.17, 15) is 14.8 Å². The molecule has 0 fully saturated rings. The Balaban J connectivity index is 1.68. The fraction of sp³-hybridized carbons (Fsp3) is 0.0714. The van der Waals surface area contributed by atoms with Crippen LogP contribution in [0.4, 0.5) is 11.4 Å². The van der Waals surface area contributed by atoms with Gasteiger partial charge >= 0.3 is 11.9 Å². The highest BCUT2D eigenvalue weighted by atomic mass is 32.2. The van der Waals surface area contributed by atoms with Crippen LogP contribution in [-0.4, -0.2) is 31.0 Å². The summed E-state index contributed by atoms with van der Waals surface area (Å²) in [6.45, 7) is 0. The molecule has 9 heteroatoms. The van der Waals surface area contributed by atoms with E-state index in [1.807, 2.05) is 36.4 Å². The molecule has 4 rings (SSSR count). The lowest BCUT2D eigenvalue weighted by Gasteiger charge is -2.10. The predicted molar refractivity (Wildman–Crippen MR) is 142 cm³/mol. The van der Waals surface area contributed by atoms with Crippen LogP contribution in [0.5, 0.6) is 0 Å². The molecule has 0 bridgehead atoms. The number of hydrogen-bond acceptors (Lipinski definition) is 8. The minimum atomic E-state index is -0.456. The molecule has 0 radical (unpaired) electrons. The standard InChI is InChI=1S/C28H22N2O5S2/c1-34-27(31)19-11-3-7-15-23(19)36-25-17-9-5-13-21(25)29-30(33)22-14-6-10-18-26(22)37-24-16-8-4-12-20(24)28(32)35-2/h3-18H,1-2H3. The molecule has 0 aliphatic heterocycles. The van der Waals surface area contributed by atoms with E-state index in [4.69, 9.17) is 9.47 Å². The van der Waals surface area contributed by atoms with Gasteiger partial charge in [-0.15, -0.1) is 0 Å². The van der Waals surface area contributed by atoms with Gasteiger partial charge in [0.1, 0.15) is 5.69 Å². The summed E-state index contributed by atoms with van der Waals surface area (Å²) in [5, 5.41) is 17.6. The number of ether oxygens (including phenoxy) is 2. The van der Waals surface area contributed by atoms with E-state index in [0.717, 1.165) is 0 Å². The number of para-hydroxylation sites is 1. The molecule has 0 unspecified atom stereocenters. The topological polar surface area (TPSA) is 91.0 Å². The van der Waals surface area contributed by atoms with Crippen LogP contribution >= 0.6 is 23.5 Å². The van der Waals surface area contributed by atoms with Gasteiger partial charge in [0.2, 0.25) is 0 Å². The summed E-state index contributed by atoms with van der Waals surface area (Å²) in [6, 6.07) is 28.3. The number of hydrogen-bond donors (Lipinski definition) is 0. The fourth-order valence-electron chi connectivity index (χ4n) is 3.38. The minimum Gasteiger partial charge on any atom is -0.594 e. The Labute approximate surface area is 222 Å². The zero-order valence-electron chi connectivity index (χ0n) is 20.0. The Morgan fingerprint density at radius 2 is 1.08 bits per heavy atom. The van der Waals surface area contributed by atoms with Gasteiger partial charge in [0.15, 0.2) is 0 Å². The molecule has 0 aliphatic rings. The molecule has 4 aromatic rings. The molecule has 0 N–H and O–H groups in total. The molecule has 0 atom stereocenters. The first-order chi connectivity index (χ1) is 18.0. The van der Waals surface area contributed by atoms with Crippen LogP contribution in [0.1, 0.15) is 20.7 Å².